The van der Waals surface area contributed by atoms with Crippen LogP contribution in [0.15, 0.2) is 51.4 Å². The van der Waals surface area contributed by atoms with Crippen LogP contribution in [0.25, 0.3) is 0 Å². The molecule has 0 aliphatic heterocycles. The van der Waals surface area contributed by atoms with Crippen LogP contribution in [-0.4, -0.2) is 12.0 Å². The monoisotopic (exact) mass is 384 g/mol. The normalized spacial score (nSPS) is 10.3. The van der Waals surface area contributed by atoms with Crippen molar-refractivity contribution < 1.29 is 4.92 Å². The lowest BCUT2D eigenvalue weighted by Crippen LogP contribution is -2.10. The summed E-state index contributed by atoms with van der Waals surface area (Å²) in [6, 6.07) is 12.8. The third-order valence-electron chi connectivity index (χ3n) is 2.69. The third kappa shape index (κ3) is 2.96. The summed E-state index contributed by atoms with van der Waals surface area (Å²) < 4.78 is 1.33. The Hall–Kier alpha value is -1.40. The molecule has 2 aromatic carbocycles. The standard InChI is InChI=1S/C13H10Br2N2O2/c1-16(9-5-3-2-4-6-9)13-11(14)7-10(17(18)19)8-12(13)15/h2-8H,1H3. The van der Waals surface area contributed by atoms with Gasteiger partial charge in [0.2, 0.25) is 0 Å². The molecule has 0 saturated carbocycles. The largest absolute Gasteiger partial charge is 0.343 e. The third-order valence-corrected chi connectivity index (χ3v) is 3.90. The molecule has 6 heteroatoms. The molecule has 0 atom stereocenters. The predicted molar refractivity (Wildman–Crippen MR) is 83.0 cm³/mol. The van der Waals surface area contributed by atoms with E-state index in [4.69, 9.17) is 0 Å². The number of nitro groups is 1. The van der Waals surface area contributed by atoms with Gasteiger partial charge in [0.15, 0.2) is 0 Å². The summed E-state index contributed by atoms with van der Waals surface area (Å²) in [6.07, 6.45) is 0. The first-order valence-electron chi connectivity index (χ1n) is 5.43. The van der Waals surface area contributed by atoms with E-state index in [0.29, 0.717) is 8.95 Å². The highest BCUT2D eigenvalue weighted by molar-refractivity contribution is 9.11. The number of halogens is 2. The number of benzene rings is 2. The highest BCUT2D eigenvalue weighted by Gasteiger charge is 2.17. The quantitative estimate of drug-likeness (QED) is 0.558. The van der Waals surface area contributed by atoms with E-state index in [2.05, 4.69) is 31.9 Å². The molecule has 19 heavy (non-hydrogen) atoms. The molecule has 0 bridgehead atoms. The Morgan fingerprint density at radius 1 is 1.11 bits per heavy atom. The van der Waals surface area contributed by atoms with Gasteiger partial charge >= 0.3 is 0 Å². The molecule has 0 aliphatic carbocycles. The number of rotatable bonds is 3. The Kier molecular flexibility index (Phi) is 4.21. The van der Waals surface area contributed by atoms with Crippen molar-refractivity contribution in [2.45, 2.75) is 0 Å². The van der Waals surface area contributed by atoms with E-state index < -0.39 is 4.92 Å². The van der Waals surface area contributed by atoms with Gasteiger partial charge in [-0.05, 0) is 44.0 Å². The van der Waals surface area contributed by atoms with Gasteiger partial charge < -0.3 is 4.90 Å². The van der Waals surface area contributed by atoms with Crippen LogP contribution in [0, 0.1) is 10.1 Å². The summed E-state index contributed by atoms with van der Waals surface area (Å²) in [7, 11) is 1.91. The van der Waals surface area contributed by atoms with Crippen molar-refractivity contribution in [1.82, 2.24) is 0 Å². The van der Waals surface area contributed by atoms with Crippen LogP contribution in [0.2, 0.25) is 0 Å². The van der Waals surface area contributed by atoms with Crippen molar-refractivity contribution in [3.63, 3.8) is 0 Å². The van der Waals surface area contributed by atoms with Crippen molar-refractivity contribution in [2.75, 3.05) is 11.9 Å². The number of non-ortho nitro benzene ring substituents is 1. The van der Waals surface area contributed by atoms with Gasteiger partial charge in [-0.25, -0.2) is 0 Å². The van der Waals surface area contributed by atoms with Crippen LogP contribution >= 0.6 is 31.9 Å². The molecule has 0 heterocycles. The highest BCUT2D eigenvalue weighted by Crippen LogP contribution is 2.40. The zero-order chi connectivity index (χ0) is 14.0. The summed E-state index contributed by atoms with van der Waals surface area (Å²) in [5.41, 5.74) is 1.89. The van der Waals surface area contributed by atoms with Crippen molar-refractivity contribution in [3.05, 3.63) is 61.5 Å². The van der Waals surface area contributed by atoms with E-state index >= 15 is 0 Å². The predicted octanol–water partition coefficient (Wildman–Crippen LogP) is 4.89. The second-order valence-corrected chi connectivity index (χ2v) is 5.62. The van der Waals surface area contributed by atoms with E-state index in [0.717, 1.165) is 11.4 Å². The zero-order valence-corrected chi connectivity index (χ0v) is 13.2. The first-order valence-corrected chi connectivity index (χ1v) is 7.01. The van der Waals surface area contributed by atoms with Crippen molar-refractivity contribution in [3.8, 4) is 0 Å². The Bertz CT molecular complexity index is 594. The molecule has 2 aromatic rings. The molecule has 0 unspecified atom stereocenters. The number of hydrogen-bond donors (Lipinski definition) is 0. The maximum absolute atomic E-state index is 10.8. The summed E-state index contributed by atoms with van der Waals surface area (Å²) >= 11 is 6.78. The number of anilines is 2. The molecule has 0 saturated heterocycles. The Labute approximate surface area is 127 Å². The Morgan fingerprint density at radius 2 is 1.63 bits per heavy atom. The Morgan fingerprint density at radius 3 is 2.11 bits per heavy atom. The minimum atomic E-state index is -0.415. The first-order chi connectivity index (χ1) is 9.00. The van der Waals surface area contributed by atoms with Crippen LogP contribution < -0.4 is 4.90 Å². The molecule has 98 valence electrons. The van der Waals surface area contributed by atoms with Crippen LogP contribution in [0.3, 0.4) is 0 Å². The number of hydrogen-bond acceptors (Lipinski definition) is 3. The van der Waals surface area contributed by atoms with E-state index in [9.17, 15) is 10.1 Å². The van der Waals surface area contributed by atoms with Crippen LogP contribution in [0.4, 0.5) is 17.1 Å². The SMILES string of the molecule is CN(c1ccccc1)c1c(Br)cc([N+](=O)[O-])cc1Br. The fourth-order valence-corrected chi connectivity index (χ4v) is 3.45. The molecule has 0 aromatic heterocycles. The van der Waals surface area contributed by atoms with Gasteiger partial charge in [-0.1, -0.05) is 18.2 Å². The first kappa shape index (κ1) is 14.0. The van der Waals surface area contributed by atoms with Gasteiger partial charge in [0.1, 0.15) is 0 Å². The smallest absolute Gasteiger partial charge is 0.271 e. The molecule has 0 aliphatic rings. The molecule has 0 spiro atoms. The van der Waals surface area contributed by atoms with Crippen LogP contribution in [0.1, 0.15) is 0 Å². The van der Waals surface area contributed by atoms with Gasteiger partial charge in [-0.2, -0.15) is 0 Å². The molecular weight excluding hydrogens is 376 g/mol. The maximum Gasteiger partial charge on any atom is 0.271 e. The summed E-state index contributed by atoms with van der Waals surface area (Å²) in [4.78, 5) is 12.3. The maximum atomic E-state index is 10.8. The summed E-state index contributed by atoms with van der Waals surface area (Å²) in [5.74, 6) is 0. The van der Waals surface area contributed by atoms with Gasteiger partial charge in [-0.3, -0.25) is 10.1 Å². The van der Waals surface area contributed by atoms with Crippen LogP contribution in [0.5, 0.6) is 0 Å². The molecule has 0 fully saturated rings. The van der Waals surface area contributed by atoms with Crippen molar-refractivity contribution in [1.29, 1.82) is 0 Å². The lowest BCUT2D eigenvalue weighted by atomic mass is 10.2. The molecule has 0 N–H and O–H groups in total. The second kappa shape index (κ2) is 5.71. The Balaban J connectivity index is 2.49. The van der Waals surface area contributed by atoms with E-state index in [1.165, 1.54) is 12.1 Å². The van der Waals surface area contributed by atoms with Crippen molar-refractivity contribution in [2.24, 2.45) is 0 Å². The molecular formula is C13H10Br2N2O2. The minimum absolute atomic E-state index is 0.0453. The average Bonchev–Trinajstić information content (AvgIpc) is 2.38. The van der Waals surface area contributed by atoms with Gasteiger partial charge in [0, 0.05) is 33.8 Å². The topological polar surface area (TPSA) is 46.4 Å². The summed E-state index contributed by atoms with van der Waals surface area (Å²) in [5, 5.41) is 10.8. The van der Waals surface area contributed by atoms with Crippen molar-refractivity contribution >= 4 is 48.9 Å². The fourth-order valence-electron chi connectivity index (χ4n) is 1.76. The van der Waals surface area contributed by atoms with E-state index in [1.807, 2.05) is 42.3 Å². The lowest BCUT2D eigenvalue weighted by Gasteiger charge is -2.22. The minimum Gasteiger partial charge on any atom is -0.343 e. The molecule has 2 rings (SSSR count). The summed E-state index contributed by atoms with van der Waals surface area (Å²) in [6.45, 7) is 0. The second-order valence-electron chi connectivity index (χ2n) is 3.91. The highest BCUT2D eigenvalue weighted by atomic mass is 79.9. The number of nitro benzene ring substituents is 1. The van der Waals surface area contributed by atoms with E-state index in [-0.39, 0.29) is 5.69 Å². The lowest BCUT2D eigenvalue weighted by molar-refractivity contribution is -0.385. The average molecular weight is 386 g/mol. The van der Waals surface area contributed by atoms with Gasteiger partial charge in [-0.15, -0.1) is 0 Å². The van der Waals surface area contributed by atoms with E-state index in [1.54, 1.807) is 0 Å². The number of para-hydroxylation sites is 1. The fraction of sp³-hybridized carbons (Fsp3) is 0.0769. The molecule has 0 radical (unpaired) electrons. The molecule has 4 nitrogen and oxygen atoms in total. The van der Waals surface area contributed by atoms with Crippen LogP contribution in [-0.2, 0) is 0 Å². The molecule has 0 amide bonds. The number of nitrogens with zero attached hydrogens (tertiary/aromatic N) is 2. The zero-order valence-electron chi connectivity index (χ0n) is 10.0. The van der Waals surface area contributed by atoms with Gasteiger partial charge in [0.25, 0.3) is 5.69 Å². The van der Waals surface area contributed by atoms with Gasteiger partial charge in [0.05, 0.1) is 10.6 Å².